The van der Waals surface area contributed by atoms with E-state index in [2.05, 4.69) is 26.2 Å². The number of amides is 2. The number of hydrogen-bond donors (Lipinski definition) is 1. The van der Waals surface area contributed by atoms with Crippen LogP contribution in [0.15, 0.2) is 47.1 Å². The summed E-state index contributed by atoms with van der Waals surface area (Å²) < 4.78 is 0.854. The highest BCUT2D eigenvalue weighted by molar-refractivity contribution is 9.10. The number of fused-ring (bicyclic) bond motifs is 1. The maximum atomic E-state index is 13.0. The van der Waals surface area contributed by atoms with Crippen LogP contribution in [0.4, 0.5) is 11.5 Å². The molecule has 0 saturated carbocycles. The second-order valence-electron chi connectivity index (χ2n) is 5.31. The predicted octanol–water partition coefficient (Wildman–Crippen LogP) is 3.32. The third kappa shape index (κ3) is 3.12. The molecule has 0 saturated heterocycles. The summed E-state index contributed by atoms with van der Waals surface area (Å²) in [6, 6.07) is 11.1. The van der Waals surface area contributed by atoms with E-state index in [1.807, 2.05) is 37.3 Å². The van der Waals surface area contributed by atoms with Crippen LogP contribution in [0.3, 0.4) is 0 Å². The van der Waals surface area contributed by atoms with Crippen molar-refractivity contribution < 1.29 is 9.59 Å². The van der Waals surface area contributed by atoms with Gasteiger partial charge in [0.05, 0.1) is 5.92 Å². The van der Waals surface area contributed by atoms with Crippen LogP contribution in [0.2, 0.25) is 0 Å². The van der Waals surface area contributed by atoms with E-state index >= 15 is 0 Å². The van der Waals surface area contributed by atoms with Crippen molar-refractivity contribution >= 4 is 39.2 Å². The third-order valence-corrected chi connectivity index (χ3v) is 4.34. The number of anilines is 2. The van der Waals surface area contributed by atoms with Crippen LogP contribution in [-0.2, 0) is 9.59 Å². The standard InChI is InChI=1S/C17H16BrN3O2/c1-2-21(15-8-7-11(18)10-19-15)17(23)13-9-16(22)20-14-6-4-3-5-12(13)14/h3-8,10,13H,2,9H2,1H3,(H,20,22). The third-order valence-electron chi connectivity index (χ3n) is 3.87. The molecule has 0 fully saturated rings. The molecule has 1 aromatic heterocycles. The van der Waals surface area contributed by atoms with Crippen molar-refractivity contribution in [1.29, 1.82) is 0 Å². The Bertz CT molecular complexity index is 746. The SMILES string of the molecule is CCN(C(=O)C1CC(=O)Nc2ccccc21)c1ccc(Br)cn1. The van der Waals surface area contributed by atoms with Crippen LogP contribution in [0.1, 0.15) is 24.8 Å². The van der Waals surface area contributed by atoms with Gasteiger partial charge in [0, 0.05) is 29.3 Å². The van der Waals surface area contributed by atoms with E-state index in [1.165, 1.54) is 0 Å². The molecule has 1 aromatic carbocycles. The number of halogens is 1. The zero-order valence-corrected chi connectivity index (χ0v) is 14.2. The Kier molecular flexibility index (Phi) is 4.43. The van der Waals surface area contributed by atoms with Gasteiger partial charge in [0.2, 0.25) is 11.8 Å². The number of hydrogen-bond acceptors (Lipinski definition) is 3. The highest BCUT2D eigenvalue weighted by Gasteiger charge is 2.33. The molecule has 0 radical (unpaired) electrons. The highest BCUT2D eigenvalue weighted by Crippen LogP contribution is 2.34. The van der Waals surface area contributed by atoms with E-state index in [-0.39, 0.29) is 18.2 Å². The van der Waals surface area contributed by atoms with E-state index < -0.39 is 5.92 Å². The van der Waals surface area contributed by atoms with Gasteiger partial charge < -0.3 is 5.32 Å². The maximum Gasteiger partial charge on any atom is 0.236 e. The average molecular weight is 374 g/mol. The van der Waals surface area contributed by atoms with E-state index in [9.17, 15) is 9.59 Å². The minimum atomic E-state index is -0.481. The fourth-order valence-electron chi connectivity index (χ4n) is 2.78. The van der Waals surface area contributed by atoms with Crippen molar-refractivity contribution in [3.05, 3.63) is 52.6 Å². The van der Waals surface area contributed by atoms with Crippen molar-refractivity contribution in [2.75, 3.05) is 16.8 Å². The molecule has 2 amide bonds. The molecule has 118 valence electrons. The monoisotopic (exact) mass is 373 g/mol. The van der Waals surface area contributed by atoms with Gasteiger partial charge >= 0.3 is 0 Å². The first kappa shape index (κ1) is 15.7. The molecule has 1 atom stereocenters. The first-order valence-electron chi connectivity index (χ1n) is 7.42. The van der Waals surface area contributed by atoms with E-state index in [4.69, 9.17) is 0 Å². The molecule has 3 rings (SSSR count). The summed E-state index contributed by atoms with van der Waals surface area (Å²) in [5.74, 6) is -0.138. The number of nitrogens with zero attached hydrogens (tertiary/aromatic N) is 2. The molecule has 1 aliphatic rings. The number of para-hydroxylation sites is 1. The molecule has 2 heterocycles. The second kappa shape index (κ2) is 6.50. The van der Waals surface area contributed by atoms with Gasteiger partial charge in [0.1, 0.15) is 5.82 Å². The van der Waals surface area contributed by atoms with Crippen molar-refractivity contribution in [3.8, 4) is 0 Å². The normalized spacial score (nSPS) is 16.4. The number of aromatic nitrogens is 1. The number of likely N-dealkylation sites (N-methyl/N-ethyl adjacent to an activating group) is 1. The molecular weight excluding hydrogens is 358 g/mol. The zero-order chi connectivity index (χ0) is 16.4. The lowest BCUT2D eigenvalue weighted by atomic mass is 9.89. The van der Waals surface area contributed by atoms with Gasteiger partial charge in [-0.15, -0.1) is 0 Å². The predicted molar refractivity (Wildman–Crippen MR) is 92.4 cm³/mol. The average Bonchev–Trinajstić information content (AvgIpc) is 2.56. The van der Waals surface area contributed by atoms with Gasteiger partial charge in [0.25, 0.3) is 0 Å². The number of nitrogens with one attached hydrogen (secondary N) is 1. The van der Waals surface area contributed by atoms with E-state index in [0.29, 0.717) is 18.1 Å². The molecule has 6 heteroatoms. The van der Waals surface area contributed by atoms with Crippen LogP contribution in [0, 0.1) is 0 Å². The van der Waals surface area contributed by atoms with E-state index in [1.54, 1.807) is 17.2 Å². The summed E-state index contributed by atoms with van der Waals surface area (Å²) in [5, 5.41) is 2.82. The molecule has 1 aliphatic heterocycles. The smallest absolute Gasteiger partial charge is 0.236 e. The Morgan fingerprint density at radius 2 is 2.13 bits per heavy atom. The Hall–Kier alpha value is -2.21. The number of rotatable bonds is 3. The lowest BCUT2D eigenvalue weighted by Gasteiger charge is -2.29. The fourth-order valence-corrected chi connectivity index (χ4v) is 3.01. The Morgan fingerprint density at radius 3 is 2.83 bits per heavy atom. The van der Waals surface area contributed by atoms with Gasteiger partial charge in [-0.1, -0.05) is 18.2 Å². The molecule has 2 aromatic rings. The van der Waals surface area contributed by atoms with Crippen LogP contribution in [0.5, 0.6) is 0 Å². The van der Waals surface area contributed by atoms with Crippen molar-refractivity contribution in [3.63, 3.8) is 0 Å². The Morgan fingerprint density at radius 1 is 1.35 bits per heavy atom. The van der Waals surface area contributed by atoms with Crippen LogP contribution in [0.25, 0.3) is 0 Å². The molecule has 0 spiro atoms. The fraction of sp³-hybridized carbons (Fsp3) is 0.235. The molecule has 0 aliphatic carbocycles. The van der Waals surface area contributed by atoms with Gasteiger partial charge in [0.15, 0.2) is 0 Å². The first-order valence-corrected chi connectivity index (χ1v) is 8.21. The highest BCUT2D eigenvalue weighted by atomic mass is 79.9. The summed E-state index contributed by atoms with van der Waals surface area (Å²) in [7, 11) is 0. The number of carbonyl (C=O) groups excluding carboxylic acids is 2. The van der Waals surface area contributed by atoms with Crippen molar-refractivity contribution in [2.24, 2.45) is 0 Å². The van der Waals surface area contributed by atoms with Gasteiger partial charge in [-0.05, 0) is 46.6 Å². The summed E-state index contributed by atoms with van der Waals surface area (Å²) in [6.45, 7) is 2.39. The minimum absolute atomic E-state index is 0.107. The van der Waals surface area contributed by atoms with Gasteiger partial charge in [-0.3, -0.25) is 14.5 Å². The molecule has 23 heavy (non-hydrogen) atoms. The summed E-state index contributed by atoms with van der Waals surface area (Å²) in [5.41, 5.74) is 1.56. The first-order chi connectivity index (χ1) is 11.1. The van der Waals surface area contributed by atoms with Crippen molar-refractivity contribution in [1.82, 2.24) is 4.98 Å². The zero-order valence-electron chi connectivity index (χ0n) is 12.6. The number of pyridine rings is 1. The molecular formula is C17H16BrN3O2. The van der Waals surface area contributed by atoms with E-state index in [0.717, 1.165) is 10.0 Å². The number of benzene rings is 1. The van der Waals surface area contributed by atoms with Crippen LogP contribution in [-0.4, -0.2) is 23.3 Å². The quantitative estimate of drug-likeness (QED) is 0.897. The maximum absolute atomic E-state index is 13.0. The summed E-state index contributed by atoms with van der Waals surface area (Å²) in [6.07, 6.45) is 1.82. The Labute approximate surface area is 142 Å². The second-order valence-corrected chi connectivity index (χ2v) is 6.22. The van der Waals surface area contributed by atoms with Gasteiger partial charge in [-0.25, -0.2) is 4.98 Å². The van der Waals surface area contributed by atoms with Crippen LogP contribution >= 0.6 is 15.9 Å². The lowest BCUT2D eigenvalue weighted by Crippen LogP contribution is -2.39. The Balaban J connectivity index is 1.95. The molecule has 0 bridgehead atoms. The summed E-state index contributed by atoms with van der Waals surface area (Å²) in [4.78, 5) is 30.9. The minimum Gasteiger partial charge on any atom is -0.326 e. The topological polar surface area (TPSA) is 62.3 Å². The van der Waals surface area contributed by atoms with Crippen LogP contribution < -0.4 is 10.2 Å². The number of carbonyl (C=O) groups is 2. The summed E-state index contributed by atoms with van der Waals surface area (Å²) >= 11 is 3.34. The lowest BCUT2D eigenvalue weighted by molar-refractivity contribution is -0.124. The largest absolute Gasteiger partial charge is 0.326 e. The molecule has 1 unspecified atom stereocenters. The van der Waals surface area contributed by atoms with Gasteiger partial charge in [-0.2, -0.15) is 0 Å². The molecule has 1 N–H and O–H groups in total. The molecule has 5 nitrogen and oxygen atoms in total. The van der Waals surface area contributed by atoms with Crippen molar-refractivity contribution in [2.45, 2.75) is 19.3 Å².